The van der Waals surface area contributed by atoms with Gasteiger partial charge in [0, 0.05) is 19.2 Å². The highest BCUT2D eigenvalue weighted by atomic mass is 79.9. The lowest BCUT2D eigenvalue weighted by atomic mass is 10.1. The molecule has 2 unspecified atom stereocenters. The Morgan fingerprint density at radius 2 is 2.08 bits per heavy atom. The van der Waals surface area contributed by atoms with Gasteiger partial charge in [-0.05, 0) is 12.8 Å². The van der Waals surface area contributed by atoms with Crippen LogP contribution in [0, 0.1) is 10.1 Å². The van der Waals surface area contributed by atoms with E-state index in [-0.39, 0.29) is 29.1 Å². The van der Waals surface area contributed by atoms with E-state index in [1.54, 1.807) is 4.90 Å². The number of methoxy groups -OCH3 is 1. The molecule has 2 aliphatic heterocycles. The number of benzene rings is 1. The van der Waals surface area contributed by atoms with Crippen molar-refractivity contribution in [2.75, 3.05) is 32.2 Å². The average molecular weight is 400 g/mol. The maximum absolute atomic E-state index is 12.6. The van der Waals surface area contributed by atoms with E-state index in [4.69, 9.17) is 9.47 Å². The third kappa shape index (κ3) is 3.32. The van der Waals surface area contributed by atoms with Crippen LogP contribution in [0.1, 0.15) is 23.2 Å². The number of nitro groups is 1. The van der Waals surface area contributed by atoms with Crippen LogP contribution in [-0.4, -0.2) is 59.1 Å². The van der Waals surface area contributed by atoms with E-state index in [1.165, 1.54) is 19.2 Å². The second-order valence-corrected chi connectivity index (χ2v) is 6.24. The normalized spacial score (nSPS) is 22.3. The molecule has 1 amide bonds. The summed E-state index contributed by atoms with van der Waals surface area (Å²) in [5.74, 6) is 0.262. The van der Waals surface area contributed by atoms with E-state index in [2.05, 4.69) is 15.9 Å². The third-order valence-corrected chi connectivity index (χ3v) is 4.83. The molecule has 0 bridgehead atoms. The largest absolute Gasteiger partial charge is 0.493 e. The van der Waals surface area contributed by atoms with Gasteiger partial charge in [-0.3, -0.25) is 19.8 Å². The molecule has 0 aromatic heterocycles. The standard InChI is InChI=1S/C15H18BrN3O5/c1-23-12-6-10(15(20)17-4-2-3-5-17)11(19(21)22)7-13(12)24-14-8-18(14)9-16/h6-7,14H,2-5,8-9H2,1H3. The first kappa shape index (κ1) is 17.0. The first-order valence-electron chi connectivity index (χ1n) is 7.67. The van der Waals surface area contributed by atoms with E-state index in [1.807, 2.05) is 4.90 Å². The molecule has 1 aromatic rings. The van der Waals surface area contributed by atoms with Crippen molar-refractivity contribution in [3.05, 3.63) is 27.8 Å². The maximum Gasteiger partial charge on any atom is 0.286 e. The molecule has 2 heterocycles. The number of halogens is 1. The van der Waals surface area contributed by atoms with Crippen molar-refractivity contribution in [3.8, 4) is 11.5 Å². The predicted molar refractivity (Wildman–Crippen MR) is 89.7 cm³/mol. The zero-order valence-corrected chi connectivity index (χ0v) is 14.8. The number of carbonyl (C=O) groups is 1. The number of rotatable bonds is 6. The van der Waals surface area contributed by atoms with Gasteiger partial charge in [0.05, 0.1) is 30.1 Å². The highest BCUT2D eigenvalue weighted by Crippen LogP contribution is 2.38. The first-order chi connectivity index (χ1) is 11.5. The Hall–Kier alpha value is -1.87. The Labute approximate surface area is 147 Å². The minimum Gasteiger partial charge on any atom is -0.493 e. The topological polar surface area (TPSA) is 84.9 Å². The number of alkyl halides is 1. The van der Waals surface area contributed by atoms with Crippen molar-refractivity contribution in [2.24, 2.45) is 0 Å². The quantitative estimate of drug-likeness (QED) is 0.239. The zero-order valence-electron chi connectivity index (χ0n) is 13.2. The van der Waals surface area contributed by atoms with Crippen molar-refractivity contribution < 1.29 is 19.2 Å². The predicted octanol–water partition coefficient (Wildman–Crippen LogP) is 2.21. The lowest BCUT2D eigenvalue weighted by molar-refractivity contribution is -0.385. The van der Waals surface area contributed by atoms with Crippen molar-refractivity contribution in [3.63, 3.8) is 0 Å². The van der Waals surface area contributed by atoms with Gasteiger partial charge < -0.3 is 14.4 Å². The molecule has 24 heavy (non-hydrogen) atoms. The molecule has 2 fully saturated rings. The molecule has 2 aliphatic rings. The second kappa shape index (κ2) is 6.94. The summed E-state index contributed by atoms with van der Waals surface area (Å²) in [6, 6.07) is 2.70. The molecule has 0 N–H and O–H groups in total. The summed E-state index contributed by atoms with van der Waals surface area (Å²) in [7, 11) is 1.45. The summed E-state index contributed by atoms with van der Waals surface area (Å²) in [6.45, 7) is 1.98. The van der Waals surface area contributed by atoms with Gasteiger partial charge in [0.2, 0.25) is 0 Å². The average Bonchev–Trinajstić information content (AvgIpc) is 3.10. The van der Waals surface area contributed by atoms with Crippen LogP contribution in [-0.2, 0) is 0 Å². The third-order valence-electron chi connectivity index (χ3n) is 4.18. The number of hydrogen-bond donors (Lipinski definition) is 0. The fourth-order valence-corrected chi connectivity index (χ4v) is 3.28. The number of likely N-dealkylation sites (tertiary alicyclic amines) is 1. The molecular formula is C15H18BrN3O5. The molecule has 0 radical (unpaired) electrons. The van der Waals surface area contributed by atoms with Gasteiger partial charge in [-0.15, -0.1) is 0 Å². The van der Waals surface area contributed by atoms with Crippen LogP contribution in [0.2, 0.25) is 0 Å². The van der Waals surface area contributed by atoms with Crippen LogP contribution >= 0.6 is 15.9 Å². The lowest BCUT2D eigenvalue weighted by Crippen LogP contribution is -2.28. The van der Waals surface area contributed by atoms with Gasteiger partial charge in [-0.2, -0.15) is 0 Å². The molecule has 130 valence electrons. The Kier molecular flexibility index (Phi) is 4.91. The smallest absolute Gasteiger partial charge is 0.286 e. The van der Waals surface area contributed by atoms with E-state index in [0.717, 1.165) is 19.4 Å². The number of amides is 1. The summed E-state index contributed by atoms with van der Waals surface area (Å²) in [4.78, 5) is 27.1. The van der Waals surface area contributed by atoms with Crippen LogP contribution in [0.4, 0.5) is 5.69 Å². The van der Waals surface area contributed by atoms with E-state index >= 15 is 0 Å². The minimum atomic E-state index is -0.551. The molecule has 0 saturated carbocycles. The van der Waals surface area contributed by atoms with Gasteiger partial charge in [-0.25, -0.2) is 0 Å². The maximum atomic E-state index is 12.6. The fraction of sp³-hybridized carbons (Fsp3) is 0.533. The Bertz CT molecular complexity index is 663. The van der Waals surface area contributed by atoms with Gasteiger partial charge in [0.25, 0.3) is 11.6 Å². The first-order valence-corrected chi connectivity index (χ1v) is 8.79. The molecular weight excluding hydrogens is 382 g/mol. The minimum absolute atomic E-state index is 0.0410. The van der Waals surface area contributed by atoms with Gasteiger partial charge in [0.1, 0.15) is 5.56 Å². The van der Waals surface area contributed by atoms with E-state index < -0.39 is 4.92 Å². The molecule has 0 aliphatic carbocycles. The van der Waals surface area contributed by atoms with Gasteiger partial charge in [0.15, 0.2) is 17.7 Å². The number of ether oxygens (including phenoxy) is 2. The monoisotopic (exact) mass is 399 g/mol. The summed E-state index contributed by atoms with van der Waals surface area (Å²) >= 11 is 3.33. The molecule has 3 rings (SSSR count). The van der Waals surface area contributed by atoms with Crippen LogP contribution in [0.3, 0.4) is 0 Å². The molecule has 9 heteroatoms. The van der Waals surface area contributed by atoms with Crippen LogP contribution in [0.25, 0.3) is 0 Å². The summed E-state index contributed by atoms with van der Waals surface area (Å²) < 4.78 is 11.0. The lowest BCUT2D eigenvalue weighted by Gasteiger charge is -2.17. The second-order valence-electron chi connectivity index (χ2n) is 5.74. The summed E-state index contributed by atoms with van der Waals surface area (Å²) in [6.07, 6.45) is 1.70. The SMILES string of the molecule is COc1cc(C(=O)N2CCCC2)c([N+](=O)[O-])cc1OC1CN1CBr. The van der Waals surface area contributed by atoms with E-state index in [0.29, 0.717) is 24.3 Å². The summed E-state index contributed by atoms with van der Waals surface area (Å²) in [5.41, 5.74) is 0.445. The van der Waals surface area contributed by atoms with Crippen molar-refractivity contribution in [1.29, 1.82) is 0 Å². The van der Waals surface area contributed by atoms with Gasteiger partial charge >= 0.3 is 0 Å². The summed E-state index contributed by atoms with van der Waals surface area (Å²) in [5, 5.41) is 11.4. The van der Waals surface area contributed by atoms with Crippen LogP contribution in [0.15, 0.2) is 12.1 Å². The number of hydrogen-bond acceptors (Lipinski definition) is 6. The van der Waals surface area contributed by atoms with Crippen molar-refractivity contribution >= 4 is 27.5 Å². The zero-order chi connectivity index (χ0) is 17.3. The molecule has 2 atom stereocenters. The Morgan fingerprint density at radius 1 is 1.38 bits per heavy atom. The van der Waals surface area contributed by atoms with Crippen LogP contribution < -0.4 is 9.47 Å². The number of nitrogens with zero attached hydrogens (tertiary/aromatic N) is 3. The van der Waals surface area contributed by atoms with Crippen molar-refractivity contribution in [1.82, 2.24) is 9.80 Å². The number of nitro benzene ring substituents is 1. The van der Waals surface area contributed by atoms with Gasteiger partial charge in [-0.1, -0.05) is 15.9 Å². The molecule has 0 spiro atoms. The Balaban J connectivity index is 1.93. The Morgan fingerprint density at radius 3 is 2.62 bits per heavy atom. The molecule has 8 nitrogen and oxygen atoms in total. The van der Waals surface area contributed by atoms with Crippen LogP contribution in [0.5, 0.6) is 11.5 Å². The van der Waals surface area contributed by atoms with Crippen molar-refractivity contribution in [2.45, 2.75) is 19.1 Å². The molecule has 2 saturated heterocycles. The van der Waals surface area contributed by atoms with E-state index in [9.17, 15) is 14.9 Å². The highest BCUT2D eigenvalue weighted by molar-refractivity contribution is 9.09. The number of carbonyl (C=O) groups excluding carboxylic acids is 1. The molecule has 1 aromatic carbocycles. The highest BCUT2D eigenvalue weighted by Gasteiger charge is 2.37. The fourth-order valence-electron chi connectivity index (χ4n) is 2.75.